The van der Waals surface area contributed by atoms with Crippen LogP contribution in [0.4, 0.5) is 0 Å². The Morgan fingerprint density at radius 2 is 1.73 bits per heavy atom. The molecule has 1 amide bonds. The lowest BCUT2D eigenvalue weighted by molar-refractivity contribution is 0.0940. The Morgan fingerprint density at radius 1 is 1.08 bits per heavy atom. The molecule has 6 nitrogen and oxygen atoms in total. The Hall–Kier alpha value is -2.93. The maximum absolute atomic E-state index is 12.4. The van der Waals surface area contributed by atoms with Gasteiger partial charge in [-0.2, -0.15) is 5.10 Å². The van der Waals surface area contributed by atoms with Gasteiger partial charge in [-0.15, -0.1) is 0 Å². The average Bonchev–Trinajstić information content (AvgIpc) is 3.12. The number of benzene rings is 2. The number of nitrogens with one attached hydrogen (secondary N) is 1. The number of hydrogen-bond acceptors (Lipinski definition) is 4. The van der Waals surface area contributed by atoms with E-state index in [0.717, 1.165) is 17.5 Å². The molecule has 3 aromatic rings. The molecule has 0 aliphatic carbocycles. The van der Waals surface area contributed by atoms with Crippen LogP contribution in [0.25, 0.3) is 5.69 Å². The van der Waals surface area contributed by atoms with Gasteiger partial charge in [0.15, 0.2) is 9.84 Å². The lowest BCUT2D eigenvalue weighted by atomic mass is 10.1. The van der Waals surface area contributed by atoms with Crippen LogP contribution in [0.15, 0.2) is 71.9 Å². The molecule has 1 N–H and O–H groups in total. The van der Waals surface area contributed by atoms with E-state index >= 15 is 0 Å². The van der Waals surface area contributed by atoms with E-state index in [9.17, 15) is 13.2 Å². The molecule has 1 aromatic heterocycles. The van der Waals surface area contributed by atoms with Gasteiger partial charge >= 0.3 is 0 Å². The van der Waals surface area contributed by atoms with Crippen molar-refractivity contribution in [3.8, 4) is 5.69 Å². The lowest BCUT2D eigenvalue weighted by Gasteiger charge is -2.14. The number of amides is 1. The third-order valence-corrected chi connectivity index (χ3v) is 5.15. The zero-order valence-corrected chi connectivity index (χ0v) is 15.3. The third kappa shape index (κ3) is 4.00. The predicted molar refractivity (Wildman–Crippen MR) is 99.0 cm³/mol. The van der Waals surface area contributed by atoms with E-state index < -0.39 is 9.84 Å². The maximum atomic E-state index is 12.4. The predicted octanol–water partition coefficient (Wildman–Crippen LogP) is 2.77. The SMILES string of the molecule is CC(NC(=O)c1cnn(-c2ccccc2)c1)c1ccc(S(C)(=O)=O)cc1. The Balaban J connectivity index is 1.71. The van der Waals surface area contributed by atoms with Crippen LogP contribution >= 0.6 is 0 Å². The van der Waals surface area contributed by atoms with Crippen molar-refractivity contribution < 1.29 is 13.2 Å². The topological polar surface area (TPSA) is 81.1 Å². The molecule has 7 heteroatoms. The molecule has 0 saturated heterocycles. The van der Waals surface area contributed by atoms with Gasteiger partial charge in [-0.1, -0.05) is 30.3 Å². The van der Waals surface area contributed by atoms with Crippen molar-refractivity contribution in [1.29, 1.82) is 0 Å². The van der Waals surface area contributed by atoms with Crippen molar-refractivity contribution in [3.05, 3.63) is 78.1 Å². The quantitative estimate of drug-likeness (QED) is 0.750. The van der Waals surface area contributed by atoms with Crippen LogP contribution in [0.2, 0.25) is 0 Å². The number of rotatable bonds is 5. The standard InChI is InChI=1S/C19H19N3O3S/c1-14(15-8-10-18(11-9-15)26(2,24)25)21-19(23)16-12-20-22(13-16)17-6-4-3-5-7-17/h3-14H,1-2H3,(H,21,23). The number of carbonyl (C=O) groups is 1. The molecular weight excluding hydrogens is 350 g/mol. The third-order valence-electron chi connectivity index (χ3n) is 4.02. The van der Waals surface area contributed by atoms with Crippen molar-refractivity contribution >= 4 is 15.7 Å². The Bertz CT molecular complexity index is 1010. The van der Waals surface area contributed by atoms with Gasteiger partial charge in [0.1, 0.15) is 0 Å². The summed E-state index contributed by atoms with van der Waals surface area (Å²) in [5.74, 6) is -0.244. The van der Waals surface area contributed by atoms with E-state index in [1.807, 2.05) is 37.3 Å². The normalized spacial score (nSPS) is 12.5. The number of nitrogens with zero attached hydrogens (tertiary/aromatic N) is 2. The average molecular weight is 369 g/mol. The second-order valence-electron chi connectivity index (χ2n) is 6.05. The van der Waals surface area contributed by atoms with Crippen molar-refractivity contribution in [2.45, 2.75) is 17.9 Å². The second-order valence-corrected chi connectivity index (χ2v) is 8.06. The molecule has 3 rings (SSSR count). The number of carbonyl (C=O) groups excluding carboxylic acids is 1. The van der Waals surface area contributed by atoms with Crippen molar-refractivity contribution in [1.82, 2.24) is 15.1 Å². The largest absolute Gasteiger partial charge is 0.345 e. The summed E-state index contributed by atoms with van der Waals surface area (Å²) in [5, 5.41) is 7.11. The Kier molecular flexibility index (Phi) is 4.90. The Morgan fingerprint density at radius 3 is 2.35 bits per heavy atom. The highest BCUT2D eigenvalue weighted by Crippen LogP contribution is 2.17. The van der Waals surface area contributed by atoms with Gasteiger partial charge in [-0.25, -0.2) is 13.1 Å². The smallest absolute Gasteiger partial charge is 0.254 e. The molecule has 1 heterocycles. The molecule has 0 aliphatic rings. The van der Waals surface area contributed by atoms with Gasteiger partial charge in [0, 0.05) is 12.5 Å². The summed E-state index contributed by atoms with van der Waals surface area (Å²) in [4.78, 5) is 12.7. The summed E-state index contributed by atoms with van der Waals surface area (Å²) >= 11 is 0. The molecule has 26 heavy (non-hydrogen) atoms. The van der Waals surface area contributed by atoms with Gasteiger partial charge in [0.2, 0.25) is 0 Å². The molecule has 0 radical (unpaired) electrons. The number of sulfone groups is 1. The van der Waals surface area contributed by atoms with Crippen molar-refractivity contribution in [3.63, 3.8) is 0 Å². The van der Waals surface area contributed by atoms with Gasteiger partial charge in [-0.05, 0) is 36.8 Å². The highest BCUT2D eigenvalue weighted by atomic mass is 32.2. The first-order chi connectivity index (χ1) is 12.3. The van der Waals surface area contributed by atoms with E-state index in [2.05, 4.69) is 10.4 Å². The van der Waals surface area contributed by atoms with Crippen LogP contribution in [-0.4, -0.2) is 30.4 Å². The van der Waals surface area contributed by atoms with Gasteiger partial charge < -0.3 is 5.32 Å². The number of hydrogen-bond donors (Lipinski definition) is 1. The van der Waals surface area contributed by atoms with Gasteiger partial charge in [0.25, 0.3) is 5.91 Å². The highest BCUT2D eigenvalue weighted by Gasteiger charge is 2.14. The van der Waals surface area contributed by atoms with Crippen LogP contribution < -0.4 is 5.32 Å². The van der Waals surface area contributed by atoms with Crippen molar-refractivity contribution in [2.24, 2.45) is 0 Å². The van der Waals surface area contributed by atoms with E-state index in [1.54, 1.807) is 35.1 Å². The van der Waals surface area contributed by atoms with Crippen LogP contribution in [0.1, 0.15) is 28.9 Å². The molecule has 0 saturated carbocycles. The molecule has 2 aromatic carbocycles. The van der Waals surface area contributed by atoms with Crippen LogP contribution in [0.5, 0.6) is 0 Å². The van der Waals surface area contributed by atoms with Crippen LogP contribution in [0, 0.1) is 0 Å². The molecule has 134 valence electrons. The first-order valence-corrected chi connectivity index (χ1v) is 9.95. The zero-order chi connectivity index (χ0) is 18.7. The summed E-state index contributed by atoms with van der Waals surface area (Å²) in [6.07, 6.45) is 4.35. The molecule has 0 aliphatic heterocycles. The van der Waals surface area contributed by atoms with Crippen LogP contribution in [0.3, 0.4) is 0 Å². The highest BCUT2D eigenvalue weighted by molar-refractivity contribution is 7.90. The second kappa shape index (κ2) is 7.13. The van der Waals surface area contributed by atoms with E-state index in [0.29, 0.717) is 5.56 Å². The fraction of sp³-hybridized carbons (Fsp3) is 0.158. The molecule has 0 spiro atoms. The maximum Gasteiger partial charge on any atom is 0.254 e. The summed E-state index contributed by atoms with van der Waals surface area (Å²) in [6, 6.07) is 15.7. The summed E-state index contributed by atoms with van der Waals surface area (Å²) in [6.45, 7) is 1.84. The molecule has 0 bridgehead atoms. The first-order valence-electron chi connectivity index (χ1n) is 8.05. The fourth-order valence-electron chi connectivity index (χ4n) is 2.53. The number of para-hydroxylation sites is 1. The van der Waals surface area contributed by atoms with Crippen LogP contribution in [-0.2, 0) is 9.84 Å². The van der Waals surface area contributed by atoms with E-state index in [-0.39, 0.29) is 16.8 Å². The van der Waals surface area contributed by atoms with E-state index in [1.165, 1.54) is 6.20 Å². The monoisotopic (exact) mass is 369 g/mol. The minimum absolute atomic E-state index is 0.244. The summed E-state index contributed by atoms with van der Waals surface area (Å²) in [5.41, 5.74) is 2.14. The molecule has 0 fully saturated rings. The summed E-state index contributed by atoms with van der Waals surface area (Å²) < 4.78 is 24.7. The Labute approximate surface area is 152 Å². The fourth-order valence-corrected chi connectivity index (χ4v) is 3.16. The first kappa shape index (κ1) is 17.9. The van der Waals surface area contributed by atoms with Crippen molar-refractivity contribution in [2.75, 3.05) is 6.26 Å². The molecular formula is C19H19N3O3S. The zero-order valence-electron chi connectivity index (χ0n) is 14.5. The minimum atomic E-state index is -3.23. The number of aromatic nitrogens is 2. The van der Waals surface area contributed by atoms with Gasteiger partial charge in [0.05, 0.1) is 28.4 Å². The lowest BCUT2D eigenvalue weighted by Crippen LogP contribution is -2.26. The van der Waals surface area contributed by atoms with E-state index in [4.69, 9.17) is 0 Å². The van der Waals surface area contributed by atoms with Gasteiger partial charge in [-0.3, -0.25) is 4.79 Å². The summed E-state index contributed by atoms with van der Waals surface area (Å²) in [7, 11) is -3.23. The molecule has 1 atom stereocenters. The molecule has 1 unspecified atom stereocenters. The minimum Gasteiger partial charge on any atom is -0.345 e.